The molecule has 3 aromatic rings. The van der Waals surface area contributed by atoms with Gasteiger partial charge in [0.15, 0.2) is 9.84 Å². The molecule has 1 unspecified atom stereocenters. The Balaban J connectivity index is 1.42. The molecule has 0 aliphatic carbocycles. The van der Waals surface area contributed by atoms with E-state index in [4.69, 9.17) is 0 Å². The molecule has 160 valence electrons. The predicted octanol–water partition coefficient (Wildman–Crippen LogP) is 2.56. The van der Waals surface area contributed by atoms with Gasteiger partial charge in [0.05, 0.1) is 23.0 Å². The second-order valence-corrected chi connectivity index (χ2v) is 9.43. The maximum Gasteiger partial charge on any atom is 0.251 e. The number of nitrogens with zero attached hydrogens (tertiary/aromatic N) is 2. The van der Waals surface area contributed by atoms with Crippen LogP contribution >= 0.6 is 0 Å². The number of nitrogens with one attached hydrogen (secondary N) is 2. The summed E-state index contributed by atoms with van der Waals surface area (Å²) in [4.78, 5) is 29.2. The Labute approximate surface area is 180 Å². The molecule has 0 saturated carbocycles. The minimum atomic E-state index is -3.32. The van der Waals surface area contributed by atoms with Crippen LogP contribution in [0.1, 0.15) is 34.8 Å². The number of sulfone groups is 1. The summed E-state index contributed by atoms with van der Waals surface area (Å²) in [6, 6.07) is 13.0. The van der Waals surface area contributed by atoms with Crippen LogP contribution in [0.15, 0.2) is 72.1 Å². The lowest BCUT2D eigenvalue weighted by Gasteiger charge is -2.26. The monoisotopic (exact) mass is 438 g/mol. The summed E-state index contributed by atoms with van der Waals surface area (Å²) in [7, 11) is -3.32. The minimum Gasteiger partial charge on any atom is -0.345 e. The second-order valence-electron chi connectivity index (χ2n) is 7.35. The summed E-state index contributed by atoms with van der Waals surface area (Å²) in [6.45, 7) is 0.510. The molecule has 0 radical (unpaired) electrons. The number of amides is 2. The first-order chi connectivity index (χ1) is 14.9. The Hall–Kier alpha value is -3.46. The normalized spacial score (nSPS) is 16.8. The number of fused-ring (bicyclic) bond motifs is 1. The van der Waals surface area contributed by atoms with Crippen LogP contribution in [-0.4, -0.2) is 35.5 Å². The molecular weight excluding hydrogens is 416 g/mol. The highest BCUT2D eigenvalue weighted by Gasteiger charge is 2.30. The molecule has 0 spiro atoms. The van der Waals surface area contributed by atoms with Gasteiger partial charge < -0.3 is 15.2 Å². The number of aromatic nitrogens is 2. The highest BCUT2D eigenvalue weighted by atomic mass is 32.2. The first kappa shape index (κ1) is 20.8. The van der Waals surface area contributed by atoms with Gasteiger partial charge in [0.1, 0.15) is 0 Å². The molecule has 1 aliphatic heterocycles. The van der Waals surface area contributed by atoms with Gasteiger partial charge in [-0.1, -0.05) is 24.3 Å². The number of hydrogen-bond acceptors (Lipinski definition) is 5. The molecule has 1 atom stereocenters. The fraction of sp³-hybridized carbons (Fsp3) is 0.227. The molecule has 2 amide bonds. The van der Waals surface area contributed by atoms with Crippen LogP contribution in [-0.2, 0) is 21.2 Å². The molecule has 0 fully saturated rings. The van der Waals surface area contributed by atoms with Crippen LogP contribution in [0.25, 0.3) is 0 Å². The van der Waals surface area contributed by atoms with E-state index in [1.807, 2.05) is 4.57 Å². The van der Waals surface area contributed by atoms with Crippen molar-refractivity contribution >= 4 is 27.3 Å². The van der Waals surface area contributed by atoms with Crippen molar-refractivity contribution in [2.45, 2.75) is 30.3 Å². The molecule has 0 saturated heterocycles. The van der Waals surface area contributed by atoms with Gasteiger partial charge in [-0.15, -0.1) is 0 Å². The van der Waals surface area contributed by atoms with Crippen LogP contribution in [0.3, 0.4) is 0 Å². The van der Waals surface area contributed by atoms with Gasteiger partial charge >= 0.3 is 0 Å². The van der Waals surface area contributed by atoms with E-state index in [9.17, 15) is 18.0 Å². The molecule has 2 heterocycles. The third-order valence-electron chi connectivity index (χ3n) is 5.17. The van der Waals surface area contributed by atoms with Gasteiger partial charge in [-0.25, -0.2) is 13.4 Å². The molecule has 8 nitrogen and oxygen atoms in total. The number of benzene rings is 2. The quantitative estimate of drug-likeness (QED) is 0.615. The summed E-state index contributed by atoms with van der Waals surface area (Å²) >= 11 is 0. The minimum absolute atomic E-state index is 0.0119. The predicted molar refractivity (Wildman–Crippen MR) is 115 cm³/mol. The van der Waals surface area contributed by atoms with E-state index in [-0.39, 0.29) is 34.9 Å². The number of rotatable bonds is 6. The number of hydrogen-bond donors (Lipinski definition) is 2. The van der Waals surface area contributed by atoms with Crippen molar-refractivity contribution in [1.82, 2.24) is 14.9 Å². The van der Waals surface area contributed by atoms with Crippen molar-refractivity contribution in [3.8, 4) is 0 Å². The number of aryl methyl sites for hydroxylation is 1. The highest BCUT2D eigenvalue weighted by Crippen LogP contribution is 2.32. The topological polar surface area (TPSA) is 110 Å². The van der Waals surface area contributed by atoms with Crippen LogP contribution in [0.2, 0.25) is 0 Å². The maximum absolute atomic E-state index is 12.8. The molecule has 2 aromatic carbocycles. The Bertz CT molecular complexity index is 1210. The fourth-order valence-corrected chi connectivity index (χ4v) is 5.21. The van der Waals surface area contributed by atoms with Gasteiger partial charge in [-0.3, -0.25) is 9.59 Å². The standard InChI is InChI=1S/C22H22N4O4S/c27-21(8-11-26-12-10-23-15-26)24-17-5-3-4-16(14-17)22(28)25-19-9-13-31(29,30)20-7-2-1-6-18(19)20/h1-7,10,12,14-15,19H,8-9,11,13H2,(H,24,27)(H,25,28). The van der Waals surface area contributed by atoms with Crippen LogP contribution in [0, 0.1) is 0 Å². The summed E-state index contributed by atoms with van der Waals surface area (Å²) in [5.41, 5.74) is 1.51. The van der Waals surface area contributed by atoms with Crippen molar-refractivity contribution in [3.63, 3.8) is 0 Å². The van der Waals surface area contributed by atoms with Crippen molar-refractivity contribution in [2.24, 2.45) is 0 Å². The summed E-state index contributed by atoms with van der Waals surface area (Å²) in [6.07, 6.45) is 5.68. The molecule has 0 bridgehead atoms. The zero-order chi connectivity index (χ0) is 21.8. The van der Waals surface area contributed by atoms with Crippen LogP contribution in [0.4, 0.5) is 5.69 Å². The van der Waals surface area contributed by atoms with E-state index < -0.39 is 9.84 Å². The smallest absolute Gasteiger partial charge is 0.251 e. The van der Waals surface area contributed by atoms with E-state index in [1.165, 1.54) is 0 Å². The lowest BCUT2D eigenvalue weighted by Crippen LogP contribution is -2.33. The number of imidazole rings is 1. The van der Waals surface area contributed by atoms with Crippen molar-refractivity contribution < 1.29 is 18.0 Å². The van der Waals surface area contributed by atoms with Crippen molar-refractivity contribution in [3.05, 3.63) is 78.4 Å². The molecular formula is C22H22N4O4S. The maximum atomic E-state index is 12.8. The zero-order valence-electron chi connectivity index (χ0n) is 16.7. The first-order valence-electron chi connectivity index (χ1n) is 9.90. The molecule has 4 rings (SSSR count). The average molecular weight is 439 g/mol. The van der Waals surface area contributed by atoms with Gasteiger partial charge in [0, 0.05) is 36.6 Å². The van der Waals surface area contributed by atoms with Gasteiger partial charge in [-0.05, 0) is 36.2 Å². The SMILES string of the molecule is O=C(CCn1ccnc1)Nc1cccc(C(=O)NC2CCS(=O)(=O)c3ccccc32)c1. The Kier molecular flexibility index (Phi) is 5.85. The average Bonchev–Trinajstić information content (AvgIpc) is 3.28. The Morgan fingerprint density at radius 3 is 2.77 bits per heavy atom. The third-order valence-corrected chi connectivity index (χ3v) is 6.99. The highest BCUT2D eigenvalue weighted by molar-refractivity contribution is 7.91. The second kappa shape index (κ2) is 8.73. The first-order valence-corrected chi connectivity index (χ1v) is 11.6. The largest absolute Gasteiger partial charge is 0.345 e. The molecule has 2 N–H and O–H groups in total. The van der Waals surface area contributed by atoms with Gasteiger partial charge in [0.2, 0.25) is 5.91 Å². The van der Waals surface area contributed by atoms with E-state index in [2.05, 4.69) is 15.6 Å². The van der Waals surface area contributed by atoms with E-state index in [0.717, 1.165) is 0 Å². The number of carbonyl (C=O) groups excluding carboxylic acids is 2. The Morgan fingerprint density at radius 1 is 1.13 bits per heavy atom. The lowest BCUT2D eigenvalue weighted by atomic mass is 10.0. The third kappa shape index (κ3) is 4.83. The van der Waals surface area contributed by atoms with Crippen LogP contribution < -0.4 is 10.6 Å². The van der Waals surface area contributed by atoms with Crippen molar-refractivity contribution in [2.75, 3.05) is 11.1 Å². The molecule has 9 heteroatoms. The van der Waals surface area contributed by atoms with E-state index >= 15 is 0 Å². The number of anilines is 1. The Morgan fingerprint density at radius 2 is 1.97 bits per heavy atom. The van der Waals surface area contributed by atoms with Crippen LogP contribution in [0.5, 0.6) is 0 Å². The lowest BCUT2D eigenvalue weighted by molar-refractivity contribution is -0.116. The van der Waals surface area contributed by atoms with Gasteiger partial charge in [0.25, 0.3) is 5.91 Å². The van der Waals surface area contributed by atoms with E-state index in [1.54, 1.807) is 67.3 Å². The molecule has 1 aliphatic rings. The molecule has 31 heavy (non-hydrogen) atoms. The zero-order valence-corrected chi connectivity index (χ0v) is 17.5. The fourth-order valence-electron chi connectivity index (χ4n) is 3.59. The molecule has 1 aromatic heterocycles. The van der Waals surface area contributed by atoms with Crippen molar-refractivity contribution in [1.29, 1.82) is 0 Å². The summed E-state index contributed by atoms with van der Waals surface area (Å²) in [5.74, 6) is -0.506. The summed E-state index contributed by atoms with van der Waals surface area (Å²) < 4.78 is 26.4. The number of carbonyl (C=O) groups is 2. The van der Waals surface area contributed by atoms with E-state index in [0.29, 0.717) is 29.8 Å². The van der Waals surface area contributed by atoms with Gasteiger partial charge in [-0.2, -0.15) is 0 Å². The summed E-state index contributed by atoms with van der Waals surface area (Å²) in [5, 5.41) is 5.72.